The summed E-state index contributed by atoms with van der Waals surface area (Å²) >= 11 is 0. The van der Waals surface area contributed by atoms with Crippen molar-refractivity contribution in [3.63, 3.8) is 0 Å². The minimum absolute atomic E-state index is 0. The van der Waals surface area contributed by atoms with Gasteiger partial charge >= 0.3 is 236 Å². The van der Waals surface area contributed by atoms with Crippen LogP contribution < -0.4 is 0 Å². The van der Waals surface area contributed by atoms with Crippen LogP contribution in [0.2, 0.25) is 0 Å². The Balaban J connectivity index is -0.0000000640. The molecular formula is H10Ca5O20P6+10. The second kappa shape index (κ2) is 21.8. The SMILES string of the molecule is O=P(O)(O)OP(=O)(O)OP(=O)(O)O.O=P(O)(O)OP(=O)(O)OP(=O)(O)O.[Ca+2].[Ca+2].[Ca+2].[Ca+2].[Ca+2]. The molecule has 0 radical (unpaired) electrons. The summed E-state index contributed by atoms with van der Waals surface area (Å²) in [7, 11) is -32.3. The molecule has 31 heteroatoms. The maximum Gasteiger partial charge on any atom is 2.00 e. The normalized spacial score (nSPS) is 12.2. The van der Waals surface area contributed by atoms with Crippen LogP contribution in [0.4, 0.5) is 0 Å². The Morgan fingerprint density at radius 2 is 0.419 bits per heavy atom. The molecule has 0 aromatic rings. The molecule has 0 atom stereocenters. The molecule has 0 saturated carbocycles. The third-order valence-corrected chi connectivity index (χ3v) is 7.54. The quantitative estimate of drug-likeness (QED) is 0.0869. The molecule has 0 rings (SSSR count). The molecule has 0 unspecified atom stereocenters. The van der Waals surface area contributed by atoms with E-state index in [1.165, 1.54) is 0 Å². The molecule has 0 aliphatic carbocycles. The van der Waals surface area contributed by atoms with E-state index in [2.05, 4.69) is 17.2 Å². The van der Waals surface area contributed by atoms with E-state index >= 15 is 0 Å². The average molecular weight is 716 g/mol. The fraction of sp³-hybridized carbons (Fsp3) is 0. The fourth-order valence-electron chi connectivity index (χ4n) is 0.567. The first-order valence-electron chi connectivity index (χ1n) is 4.56. The van der Waals surface area contributed by atoms with Crippen LogP contribution in [0.25, 0.3) is 0 Å². The molecule has 0 saturated heterocycles. The summed E-state index contributed by atoms with van der Waals surface area (Å²) in [4.78, 5) is 80.4. The van der Waals surface area contributed by atoms with Crippen molar-refractivity contribution in [2.75, 3.05) is 0 Å². The Morgan fingerprint density at radius 1 is 0.323 bits per heavy atom. The summed E-state index contributed by atoms with van der Waals surface area (Å²) in [5.41, 5.74) is 0. The number of phosphoric acid groups is 6. The summed E-state index contributed by atoms with van der Waals surface area (Å²) in [5, 5.41) is 0. The van der Waals surface area contributed by atoms with Gasteiger partial charge in [0, 0.05) is 0 Å². The van der Waals surface area contributed by atoms with Crippen LogP contribution in [0.1, 0.15) is 0 Å². The van der Waals surface area contributed by atoms with Crippen molar-refractivity contribution in [2.45, 2.75) is 0 Å². The maximum atomic E-state index is 10.4. The van der Waals surface area contributed by atoms with E-state index in [0.717, 1.165) is 0 Å². The van der Waals surface area contributed by atoms with E-state index in [0.29, 0.717) is 0 Å². The van der Waals surface area contributed by atoms with Crippen LogP contribution in [0.5, 0.6) is 0 Å². The van der Waals surface area contributed by atoms with Gasteiger partial charge in [0.15, 0.2) is 0 Å². The van der Waals surface area contributed by atoms with Crippen molar-refractivity contribution in [2.24, 2.45) is 0 Å². The third-order valence-electron chi connectivity index (χ3n) is 0.838. The smallest absolute Gasteiger partial charge is 0.302 e. The van der Waals surface area contributed by atoms with Gasteiger partial charge in [0.2, 0.25) is 0 Å². The Labute approximate surface area is 322 Å². The molecule has 0 aliphatic rings. The fourth-order valence-corrected chi connectivity index (χ4v) is 5.64. The van der Waals surface area contributed by atoms with Crippen molar-refractivity contribution in [1.82, 2.24) is 0 Å². The molecule has 0 heterocycles. The largest absolute Gasteiger partial charge is 2.00 e. The van der Waals surface area contributed by atoms with Gasteiger partial charge in [0.25, 0.3) is 0 Å². The molecule has 0 bridgehead atoms. The topological polar surface area (TPSA) is 342 Å². The molecular weight excluding hydrogens is 706 g/mol. The predicted molar refractivity (Wildman–Crippen MR) is 101 cm³/mol. The van der Waals surface area contributed by atoms with Crippen LogP contribution in [0, 0.1) is 0 Å². The molecule has 0 aliphatic heterocycles. The second-order valence-electron chi connectivity index (χ2n) is 3.23. The van der Waals surface area contributed by atoms with Crippen molar-refractivity contribution in [3.8, 4) is 0 Å². The summed E-state index contributed by atoms with van der Waals surface area (Å²) in [5.74, 6) is 0. The number of hydrogen-bond donors (Lipinski definition) is 10. The van der Waals surface area contributed by atoms with E-state index < -0.39 is 46.9 Å². The average Bonchev–Trinajstić information content (AvgIpc) is 1.97. The van der Waals surface area contributed by atoms with Crippen LogP contribution in [0.3, 0.4) is 0 Å². The van der Waals surface area contributed by atoms with Gasteiger partial charge in [0.05, 0.1) is 0 Å². The van der Waals surface area contributed by atoms with Crippen molar-refractivity contribution in [1.29, 1.82) is 0 Å². The van der Waals surface area contributed by atoms with E-state index in [1.54, 1.807) is 0 Å². The van der Waals surface area contributed by atoms with Gasteiger partial charge < -0.3 is 48.9 Å². The Bertz CT molecular complexity index is 628. The summed E-state index contributed by atoms with van der Waals surface area (Å²) in [6.07, 6.45) is 0. The monoisotopic (exact) mass is 716 g/mol. The zero-order valence-corrected chi connectivity index (χ0v) is 31.2. The Morgan fingerprint density at radius 3 is 0.484 bits per heavy atom. The molecule has 0 amide bonds. The van der Waals surface area contributed by atoms with Gasteiger partial charge in [-0.1, -0.05) is 0 Å². The summed E-state index contributed by atoms with van der Waals surface area (Å²) in [6.45, 7) is 0. The van der Waals surface area contributed by atoms with Crippen molar-refractivity contribution >= 4 is 236 Å². The van der Waals surface area contributed by atoms with Crippen molar-refractivity contribution < 1.29 is 93.6 Å². The van der Waals surface area contributed by atoms with Gasteiger partial charge in [-0.3, -0.25) is 0 Å². The number of rotatable bonds is 8. The van der Waals surface area contributed by atoms with E-state index in [9.17, 15) is 27.4 Å². The second-order valence-corrected chi connectivity index (χ2v) is 11.6. The molecule has 0 aromatic carbocycles. The first kappa shape index (κ1) is 54.2. The molecule has 10 N–H and O–H groups in total. The summed E-state index contributed by atoms with van der Waals surface area (Å²) in [6, 6.07) is 0. The van der Waals surface area contributed by atoms with Crippen LogP contribution in [-0.4, -0.2) is 238 Å². The van der Waals surface area contributed by atoms with E-state index in [1.807, 2.05) is 0 Å². The molecule has 160 valence electrons. The Kier molecular flexibility index (Phi) is 38.2. The third kappa shape index (κ3) is 47.3. The van der Waals surface area contributed by atoms with Crippen molar-refractivity contribution in [3.05, 3.63) is 0 Å². The van der Waals surface area contributed by atoms with E-state index in [4.69, 9.17) is 48.9 Å². The minimum atomic E-state index is -5.46. The first-order chi connectivity index (χ1) is 10.8. The van der Waals surface area contributed by atoms with Crippen LogP contribution in [0.15, 0.2) is 0 Å². The summed E-state index contributed by atoms with van der Waals surface area (Å²) < 4.78 is 72.8. The number of hydrogen-bond acceptors (Lipinski definition) is 10. The molecule has 31 heavy (non-hydrogen) atoms. The zero-order valence-electron chi connectivity index (χ0n) is 14.8. The van der Waals surface area contributed by atoms with Gasteiger partial charge in [-0.15, -0.1) is 0 Å². The first-order valence-corrected chi connectivity index (χ1v) is 13.7. The molecule has 0 aromatic heterocycles. The maximum absolute atomic E-state index is 10.4. The van der Waals surface area contributed by atoms with Gasteiger partial charge in [0.1, 0.15) is 0 Å². The Hall–Kier alpha value is 7.12. The van der Waals surface area contributed by atoms with Gasteiger partial charge in [-0.05, 0) is 0 Å². The minimum Gasteiger partial charge on any atom is -0.302 e. The molecule has 20 nitrogen and oxygen atoms in total. The van der Waals surface area contributed by atoms with Gasteiger partial charge in [-0.25, -0.2) is 27.4 Å². The van der Waals surface area contributed by atoms with Crippen LogP contribution in [-0.2, 0) is 44.6 Å². The predicted octanol–water partition coefficient (Wildman–Crippen LogP) is -3.29. The molecule has 0 fully saturated rings. The van der Waals surface area contributed by atoms with Crippen LogP contribution >= 0.6 is 46.9 Å². The van der Waals surface area contributed by atoms with E-state index in [-0.39, 0.29) is 189 Å². The van der Waals surface area contributed by atoms with Gasteiger partial charge in [-0.2, -0.15) is 17.2 Å². The molecule has 0 spiro atoms. The zero-order chi connectivity index (χ0) is 21.8. The standard InChI is InChI=1S/5Ca.2H5O10P3/c;;;;;2*1-11(2,3)9-13(7,8)10-12(4,5)6/h;;;;;2*(H,7,8)(H2,1,2,3)(H2,4,5,6)/q5*+2;;.